The Balaban J connectivity index is 1.47. The first-order valence-electron chi connectivity index (χ1n) is 8.43. The van der Waals surface area contributed by atoms with E-state index in [0.717, 1.165) is 17.7 Å². The number of hydrogen-bond donors (Lipinski definition) is 1. The summed E-state index contributed by atoms with van der Waals surface area (Å²) in [7, 11) is 1.63. The summed E-state index contributed by atoms with van der Waals surface area (Å²) in [5.41, 5.74) is 1.82. The van der Waals surface area contributed by atoms with Gasteiger partial charge in [0.15, 0.2) is 8.29 Å². The number of methoxy groups -OCH3 is 1. The first-order valence-corrected chi connectivity index (χ1v) is 10.6. The van der Waals surface area contributed by atoms with Crippen LogP contribution in [-0.2, 0) is 11.2 Å². The molecule has 1 heterocycles. The smallest absolute Gasteiger partial charge is 0.230 e. The number of aromatic nitrogens is 2. The molecule has 0 unspecified atom stereocenters. The molecule has 0 aliphatic rings. The lowest BCUT2D eigenvalue weighted by Gasteiger charge is -2.05. The highest BCUT2D eigenvalue weighted by Crippen LogP contribution is 2.24. The van der Waals surface area contributed by atoms with E-state index in [1.165, 1.54) is 35.2 Å². The molecule has 1 N–H and O–H groups in total. The number of ether oxygens (including phenoxy) is 1. The number of halogens is 1. The van der Waals surface area contributed by atoms with E-state index in [1.54, 1.807) is 23.9 Å². The third-order valence-corrected chi connectivity index (χ3v) is 6.19. The molecule has 0 radical (unpaired) electrons. The van der Waals surface area contributed by atoms with Crippen LogP contribution in [0.5, 0.6) is 5.75 Å². The van der Waals surface area contributed by atoms with E-state index in [-0.39, 0.29) is 17.5 Å². The molecule has 0 saturated heterocycles. The molecule has 3 rings (SSSR count). The maximum atomic E-state index is 13.1. The van der Waals surface area contributed by atoms with Gasteiger partial charge in [-0.3, -0.25) is 4.79 Å². The van der Waals surface area contributed by atoms with Crippen molar-refractivity contribution < 1.29 is 13.9 Å². The van der Waals surface area contributed by atoms with Crippen molar-refractivity contribution in [3.05, 3.63) is 63.9 Å². The van der Waals surface area contributed by atoms with Crippen LogP contribution in [0.2, 0.25) is 0 Å². The Hall–Kier alpha value is -2.23. The third-order valence-electron chi connectivity index (χ3n) is 3.82. The second-order valence-electron chi connectivity index (χ2n) is 5.76. The van der Waals surface area contributed by atoms with Gasteiger partial charge in [0, 0.05) is 6.54 Å². The van der Waals surface area contributed by atoms with Crippen molar-refractivity contribution in [1.82, 2.24) is 15.1 Å². The zero-order valence-electron chi connectivity index (χ0n) is 15.1. The number of carbonyl (C=O) groups excluding carboxylic acids is 1. The summed E-state index contributed by atoms with van der Waals surface area (Å²) in [6.45, 7) is 0.561. The van der Waals surface area contributed by atoms with E-state index in [2.05, 4.69) is 10.4 Å². The molecule has 28 heavy (non-hydrogen) atoms. The topological polar surface area (TPSA) is 56.1 Å². The minimum atomic E-state index is -0.314. The van der Waals surface area contributed by atoms with Crippen molar-refractivity contribution >= 4 is 41.2 Å². The van der Waals surface area contributed by atoms with Crippen molar-refractivity contribution in [2.45, 2.75) is 10.8 Å². The van der Waals surface area contributed by atoms with Crippen molar-refractivity contribution in [1.29, 1.82) is 0 Å². The Morgan fingerprint density at radius 2 is 1.96 bits per heavy atom. The minimum Gasteiger partial charge on any atom is -0.497 e. The van der Waals surface area contributed by atoms with Crippen molar-refractivity contribution in [3.8, 4) is 11.4 Å². The Bertz CT molecular complexity index is 985. The summed E-state index contributed by atoms with van der Waals surface area (Å²) < 4.78 is 21.0. The van der Waals surface area contributed by atoms with Gasteiger partial charge in [-0.1, -0.05) is 35.2 Å². The summed E-state index contributed by atoms with van der Waals surface area (Å²) in [5.74, 6) is 0.694. The molecule has 1 amide bonds. The average Bonchev–Trinajstić information content (AvgIpc) is 3.08. The zero-order chi connectivity index (χ0) is 19.9. The minimum absolute atomic E-state index is 0.0621. The summed E-state index contributed by atoms with van der Waals surface area (Å²) in [6, 6.07) is 13.7. The fourth-order valence-corrected chi connectivity index (χ4v) is 4.57. The van der Waals surface area contributed by atoms with Crippen LogP contribution in [0.4, 0.5) is 4.39 Å². The molecular weight excluding hydrogens is 417 g/mol. The number of hydrogen-bond acceptors (Lipinski definition) is 6. The molecule has 0 fully saturated rings. The van der Waals surface area contributed by atoms with Gasteiger partial charge in [0.1, 0.15) is 11.6 Å². The van der Waals surface area contributed by atoms with Gasteiger partial charge >= 0.3 is 0 Å². The number of benzene rings is 2. The Morgan fingerprint density at radius 1 is 1.25 bits per heavy atom. The normalized spacial score (nSPS) is 10.6. The van der Waals surface area contributed by atoms with E-state index in [9.17, 15) is 9.18 Å². The lowest BCUT2D eigenvalue weighted by atomic mass is 10.1. The highest BCUT2D eigenvalue weighted by Gasteiger charge is 2.09. The molecule has 0 atom stereocenters. The molecule has 3 aromatic rings. The predicted molar refractivity (Wildman–Crippen MR) is 113 cm³/mol. The summed E-state index contributed by atoms with van der Waals surface area (Å²) in [5, 5.41) is 7.31. The SMILES string of the molecule is COc1ccc(CCNC(=O)CSc2nn(-c3ccc(F)cc3)c(=S)s2)cc1. The van der Waals surface area contributed by atoms with Crippen molar-refractivity contribution in [2.24, 2.45) is 0 Å². The molecule has 0 bridgehead atoms. The van der Waals surface area contributed by atoms with Crippen LogP contribution in [-0.4, -0.2) is 35.1 Å². The molecule has 0 aliphatic heterocycles. The largest absolute Gasteiger partial charge is 0.497 e. The fourth-order valence-electron chi connectivity index (χ4n) is 2.38. The molecule has 2 aromatic carbocycles. The van der Waals surface area contributed by atoms with Gasteiger partial charge < -0.3 is 10.1 Å². The van der Waals surface area contributed by atoms with E-state index in [4.69, 9.17) is 17.0 Å². The first-order chi connectivity index (χ1) is 13.5. The quantitative estimate of drug-likeness (QED) is 0.423. The first kappa shape index (κ1) is 20.5. The van der Waals surface area contributed by atoms with E-state index < -0.39 is 0 Å². The molecule has 0 saturated carbocycles. The molecule has 1 aromatic heterocycles. The fraction of sp³-hybridized carbons (Fsp3) is 0.211. The van der Waals surface area contributed by atoms with Crippen molar-refractivity contribution in [2.75, 3.05) is 19.4 Å². The van der Waals surface area contributed by atoms with Crippen LogP contribution in [0, 0.1) is 9.77 Å². The Kier molecular flexibility index (Phi) is 7.18. The molecule has 146 valence electrons. The number of nitrogens with one attached hydrogen (secondary N) is 1. The number of carbonyl (C=O) groups is 1. The van der Waals surface area contributed by atoms with E-state index in [1.807, 2.05) is 24.3 Å². The second kappa shape index (κ2) is 9.81. The predicted octanol–water partition coefficient (Wildman–Crippen LogP) is 4.26. The summed E-state index contributed by atoms with van der Waals surface area (Å²) in [6.07, 6.45) is 0.749. The lowest BCUT2D eigenvalue weighted by molar-refractivity contribution is -0.118. The highest BCUT2D eigenvalue weighted by molar-refractivity contribution is 8.01. The summed E-state index contributed by atoms with van der Waals surface area (Å²) in [4.78, 5) is 12.1. The lowest BCUT2D eigenvalue weighted by Crippen LogP contribution is -2.27. The number of thioether (sulfide) groups is 1. The third kappa shape index (κ3) is 5.63. The van der Waals surface area contributed by atoms with Gasteiger partial charge in [-0.15, -0.1) is 5.10 Å². The number of rotatable bonds is 8. The number of amides is 1. The number of nitrogens with zero attached hydrogens (tertiary/aromatic N) is 2. The molecule has 5 nitrogen and oxygen atoms in total. The van der Waals surface area contributed by atoms with Gasteiger partial charge in [-0.05, 0) is 60.6 Å². The van der Waals surface area contributed by atoms with Crippen LogP contribution in [0.1, 0.15) is 5.56 Å². The van der Waals surface area contributed by atoms with Gasteiger partial charge in [0.25, 0.3) is 0 Å². The average molecular weight is 436 g/mol. The summed E-state index contributed by atoms with van der Waals surface area (Å²) >= 11 is 7.97. The standard InChI is InChI=1S/C19H18FN3O2S3/c1-25-16-8-2-13(3-9-16)10-11-21-17(24)12-27-18-22-23(19(26)28-18)15-6-4-14(20)5-7-15/h2-9H,10-12H2,1H3,(H,21,24). The maximum absolute atomic E-state index is 13.1. The van der Waals surface area contributed by atoms with E-state index in [0.29, 0.717) is 20.5 Å². The van der Waals surface area contributed by atoms with Gasteiger partial charge in [0.2, 0.25) is 5.91 Å². The Morgan fingerprint density at radius 3 is 2.64 bits per heavy atom. The van der Waals surface area contributed by atoms with Gasteiger partial charge in [-0.25, -0.2) is 9.07 Å². The Labute approximate surface area is 175 Å². The van der Waals surface area contributed by atoms with Crippen LogP contribution in [0.25, 0.3) is 5.69 Å². The monoisotopic (exact) mass is 435 g/mol. The van der Waals surface area contributed by atoms with Crippen LogP contribution in [0.15, 0.2) is 52.9 Å². The second-order valence-corrected chi connectivity index (χ2v) is 8.60. The van der Waals surface area contributed by atoms with E-state index >= 15 is 0 Å². The van der Waals surface area contributed by atoms with Crippen molar-refractivity contribution in [3.63, 3.8) is 0 Å². The highest BCUT2D eigenvalue weighted by atomic mass is 32.2. The molecule has 9 heteroatoms. The van der Waals surface area contributed by atoms with Gasteiger partial charge in [0.05, 0.1) is 18.6 Å². The van der Waals surface area contributed by atoms with Crippen LogP contribution >= 0.6 is 35.3 Å². The zero-order valence-corrected chi connectivity index (χ0v) is 17.5. The molecular formula is C19H18FN3O2S3. The maximum Gasteiger partial charge on any atom is 0.230 e. The van der Waals surface area contributed by atoms with Gasteiger partial charge in [-0.2, -0.15) is 0 Å². The van der Waals surface area contributed by atoms with Crippen LogP contribution < -0.4 is 10.1 Å². The van der Waals surface area contributed by atoms with Crippen LogP contribution in [0.3, 0.4) is 0 Å². The molecule has 0 aliphatic carbocycles. The molecule has 0 spiro atoms.